The number of rotatable bonds is 4. The molecule has 0 aromatic heterocycles. The van der Waals surface area contributed by atoms with Crippen LogP contribution in [0.25, 0.3) is 0 Å². The first-order valence-electron chi connectivity index (χ1n) is 7.80. The van der Waals surface area contributed by atoms with E-state index >= 15 is 0 Å². The quantitative estimate of drug-likeness (QED) is 0.826. The average molecular weight is 280 g/mol. The topological polar surface area (TPSA) is 69.6 Å². The first-order valence-corrected chi connectivity index (χ1v) is 7.80. The third-order valence-electron chi connectivity index (χ3n) is 5.60. The minimum absolute atomic E-state index is 0.0966. The van der Waals surface area contributed by atoms with Crippen molar-refractivity contribution in [1.82, 2.24) is 10.2 Å². The normalized spacial score (nSPS) is 35.6. The van der Waals surface area contributed by atoms with Crippen LogP contribution in [0, 0.1) is 23.7 Å². The molecule has 0 saturated heterocycles. The molecule has 0 aromatic rings. The first-order chi connectivity index (χ1) is 9.56. The molecule has 0 radical (unpaired) electrons. The van der Waals surface area contributed by atoms with Gasteiger partial charge in [0.15, 0.2) is 0 Å². The number of carbonyl (C=O) groups excluding carboxylic acids is 1. The van der Waals surface area contributed by atoms with Crippen molar-refractivity contribution in [2.75, 3.05) is 13.6 Å². The SMILES string of the molecule is CN(CC1CCC1)C(=O)NC1C2CCC(C2)C1C(=O)O. The molecule has 4 unspecified atom stereocenters. The van der Waals surface area contributed by atoms with Gasteiger partial charge in [-0.2, -0.15) is 0 Å². The minimum Gasteiger partial charge on any atom is -0.481 e. The molecular formula is C15H24N2O3. The van der Waals surface area contributed by atoms with Crippen molar-refractivity contribution in [1.29, 1.82) is 0 Å². The first kappa shape index (κ1) is 13.7. The van der Waals surface area contributed by atoms with E-state index < -0.39 is 5.97 Å². The second kappa shape index (κ2) is 5.26. The molecular weight excluding hydrogens is 256 g/mol. The van der Waals surface area contributed by atoms with Crippen LogP contribution < -0.4 is 5.32 Å². The summed E-state index contributed by atoms with van der Waals surface area (Å²) in [7, 11) is 1.82. The fraction of sp³-hybridized carbons (Fsp3) is 0.867. The lowest BCUT2D eigenvalue weighted by atomic mass is 9.84. The van der Waals surface area contributed by atoms with Crippen LogP contribution in [0.15, 0.2) is 0 Å². The summed E-state index contributed by atoms with van der Waals surface area (Å²) in [6, 6.07) is -0.261. The Hall–Kier alpha value is -1.26. The van der Waals surface area contributed by atoms with Gasteiger partial charge in [-0.1, -0.05) is 6.42 Å². The van der Waals surface area contributed by atoms with E-state index in [1.165, 1.54) is 19.3 Å². The predicted octanol–water partition coefficient (Wildman–Crippen LogP) is 1.93. The Morgan fingerprint density at radius 3 is 2.50 bits per heavy atom. The number of aliphatic carboxylic acids is 1. The molecule has 0 aromatic carbocycles. The Bertz CT molecular complexity index is 408. The van der Waals surface area contributed by atoms with E-state index in [0.29, 0.717) is 11.8 Å². The molecule has 4 atom stereocenters. The maximum Gasteiger partial charge on any atom is 0.317 e. The summed E-state index contributed by atoms with van der Waals surface area (Å²) >= 11 is 0. The standard InChI is InChI=1S/C15H24N2O3/c1-17(8-9-3-2-4-9)15(20)16-13-11-6-5-10(7-11)12(13)14(18)19/h9-13H,2-8H2,1H3,(H,16,20)(H,18,19). The predicted molar refractivity (Wildman–Crippen MR) is 74.2 cm³/mol. The number of carboxylic acid groups (broad SMARTS) is 1. The molecule has 2 bridgehead atoms. The molecule has 5 heteroatoms. The molecule has 5 nitrogen and oxygen atoms in total. The fourth-order valence-corrected chi connectivity index (χ4v) is 4.25. The van der Waals surface area contributed by atoms with Crippen LogP contribution in [0.5, 0.6) is 0 Å². The Morgan fingerprint density at radius 2 is 1.90 bits per heavy atom. The van der Waals surface area contributed by atoms with E-state index in [1.54, 1.807) is 4.90 Å². The van der Waals surface area contributed by atoms with Crippen LogP contribution in [-0.4, -0.2) is 41.6 Å². The van der Waals surface area contributed by atoms with Crippen molar-refractivity contribution in [3.63, 3.8) is 0 Å². The molecule has 2 N–H and O–H groups in total. The molecule has 3 saturated carbocycles. The van der Waals surface area contributed by atoms with Gasteiger partial charge in [0.2, 0.25) is 0 Å². The van der Waals surface area contributed by atoms with Crippen LogP contribution in [0.2, 0.25) is 0 Å². The molecule has 112 valence electrons. The molecule has 3 rings (SSSR count). The van der Waals surface area contributed by atoms with Gasteiger partial charge >= 0.3 is 12.0 Å². The van der Waals surface area contributed by atoms with Gasteiger partial charge in [-0.15, -0.1) is 0 Å². The molecule has 0 aliphatic heterocycles. The number of nitrogens with zero attached hydrogens (tertiary/aromatic N) is 1. The van der Waals surface area contributed by atoms with Crippen LogP contribution in [0.1, 0.15) is 38.5 Å². The van der Waals surface area contributed by atoms with Crippen molar-refractivity contribution in [2.24, 2.45) is 23.7 Å². The highest BCUT2D eigenvalue weighted by Gasteiger charge is 2.51. The lowest BCUT2D eigenvalue weighted by Gasteiger charge is -2.33. The number of hydrogen-bond donors (Lipinski definition) is 2. The number of amides is 2. The van der Waals surface area contributed by atoms with Crippen molar-refractivity contribution < 1.29 is 14.7 Å². The van der Waals surface area contributed by atoms with E-state index in [-0.39, 0.29) is 23.9 Å². The van der Waals surface area contributed by atoms with Gasteiger partial charge in [-0.3, -0.25) is 4.79 Å². The average Bonchev–Trinajstić information content (AvgIpc) is 2.93. The third kappa shape index (κ3) is 2.38. The van der Waals surface area contributed by atoms with E-state index in [2.05, 4.69) is 5.32 Å². The number of carbonyl (C=O) groups is 2. The lowest BCUT2D eigenvalue weighted by Crippen LogP contribution is -2.51. The summed E-state index contributed by atoms with van der Waals surface area (Å²) in [5.41, 5.74) is 0. The number of urea groups is 1. The van der Waals surface area contributed by atoms with Crippen molar-refractivity contribution in [3.8, 4) is 0 Å². The van der Waals surface area contributed by atoms with E-state index in [9.17, 15) is 14.7 Å². The summed E-state index contributed by atoms with van der Waals surface area (Å²) < 4.78 is 0. The largest absolute Gasteiger partial charge is 0.481 e. The van der Waals surface area contributed by atoms with Crippen LogP contribution in [0.3, 0.4) is 0 Å². The third-order valence-corrected chi connectivity index (χ3v) is 5.60. The highest BCUT2D eigenvalue weighted by atomic mass is 16.4. The summed E-state index contributed by atoms with van der Waals surface area (Å²) in [6.07, 6.45) is 6.73. The Balaban J connectivity index is 1.58. The van der Waals surface area contributed by atoms with Gasteiger partial charge in [0.05, 0.1) is 5.92 Å². The molecule has 3 aliphatic rings. The zero-order valence-corrected chi connectivity index (χ0v) is 12.0. The zero-order chi connectivity index (χ0) is 14.3. The monoisotopic (exact) mass is 280 g/mol. The molecule has 0 heterocycles. The Morgan fingerprint density at radius 1 is 1.20 bits per heavy atom. The zero-order valence-electron chi connectivity index (χ0n) is 12.0. The van der Waals surface area contributed by atoms with Crippen LogP contribution in [0.4, 0.5) is 4.79 Å². The van der Waals surface area contributed by atoms with Gasteiger partial charge in [-0.25, -0.2) is 4.79 Å². The summed E-state index contributed by atoms with van der Waals surface area (Å²) in [5, 5.41) is 12.4. The van der Waals surface area contributed by atoms with E-state index in [0.717, 1.165) is 25.8 Å². The Labute approximate surface area is 119 Å². The maximum absolute atomic E-state index is 12.2. The lowest BCUT2D eigenvalue weighted by molar-refractivity contribution is -0.144. The van der Waals surface area contributed by atoms with Gasteiger partial charge < -0.3 is 15.3 Å². The number of fused-ring (bicyclic) bond motifs is 2. The molecule has 3 fully saturated rings. The van der Waals surface area contributed by atoms with Gasteiger partial charge in [-0.05, 0) is 49.9 Å². The highest BCUT2D eigenvalue weighted by Crippen LogP contribution is 2.48. The number of carboxylic acids is 1. The van der Waals surface area contributed by atoms with E-state index in [1.807, 2.05) is 7.05 Å². The summed E-state index contributed by atoms with van der Waals surface area (Å²) in [5.74, 6) is 0.141. The van der Waals surface area contributed by atoms with Crippen molar-refractivity contribution in [3.05, 3.63) is 0 Å². The van der Waals surface area contributed by atoms with Gasteiger partial charge in [0.25, 0.3) is 0 Å². The fourth-order valence-electron chi connectivity index (χ4n) is 4.25. The van der Waals surface area contributed by atoms with Crippen molar-refractivity contribution in [2.45, 2.75) is 44.6 Å². The smallest absolute Gasteiger partial charge is 0.317 e. The highest BCUT2D eigenvalue weighted by molar-refractivity contribution is 5.77. The summed E-state index contributed by atoms with van der Waals surface area (Å²) in [6.45, 7) is 0.796. The molecule has 2 amide bonds. The second-order valence-electron chi connectivity index (χ2n) is 6.85. The number of nitrogens with one attached hydrogen (secondary N) is 1. The minimum atomic E-state index is -0.746. The molecule has 20 heavy (non-hydrogen) atoms. The van der Waals surface area contributed by atoms with Gasteiger partial charge in [0.1, 0.15) is 0 Å². The van der Waals surface area contributed by atoms with Gasteiger partial charge in [0, 0.05) is 19.6 Å². The number of hydrogen-bond acceptors (Lipinski definition) is 2. The van der Waals surface area contributed by atoms with Crippen LogP contribution >= 0.6 is 0 Å². The second-order valence-corrected chi connectivity index (χ2v) is 6.85. The van der Waals surface area contributed by atoms with E-state index in [4.69, 9.17) is 0 Å². The Kier molecular flexibility index (Phi) is 3.61. The molecule has 3 aliphatic carbocycles. The summed E-state index contributed by atoms with van der Waals surface area (Å²) in [4.78, 5) is 25.4. The van der Waals surface area contributed by atoms with Crippen LogP contribution in [-0.2, 0) is 4.79 Å². The maximum atomic E-state index is 12.2. The molecule has 0 spiro atoms. The van der Waals surface area contributed by atoms with Crippen molar-refractivity contribution >= 4 is 12.0 Å².